The summed E-state index contributed by atoms with van der Waals surface area (Å²) in [5.41, 5.74) is 4.43. The molecule has 0 amide bonds. The Labute approximate surface area is 189 Å². The molecule has 0 aliphatic carbocycles. The van der Waals surface area contributed by atoms with Crippen LogP contribution in [-0.2, 0) is 6.54 Å². The zero-order valence-electron chi connectivity index (χ0n) is 18.8. The Morgan fingerprint density at radius 2 is 1.72 bits per heavy atom. The largest absolute Gasteiger partial charge is 0.454 e. The highest BCUT2D eigenvalue weighted by Crippen LogP contribution is 2.35. The zero-order valence-corrected chi connectivity index (χ0v) is 18.8. The van der Waals surface area contributed by atoms with Crippen LogP contribution in [0.1, 0.15) is 11.3 Å². The van der Waals surface area contributed by atoms with Crippen LogP contribution in [0.15, 0.2) is 53.1 Å². The van der Waals surface area contributed by atoms with Crippen LogP contribution < -0.4 is 14.4 Å². The first-order valence-electron chi connectivity index (χ1n) is 11.2. The van der Waals surface area contributed by atoms with E-state index in [4.69, 9.17) is 14.0 Å². The van der Waals surface area contributed by atoms with Gasteiger partial charge in [-0.15, -0.1) is 0 Å². The van der Waals surface area contributed by atoms with Crippen molar-refractivity contribution < 1.29 is 14.0 Å². The standard InChI is InChI=1S/C25H30N4O3/c1-19-3-6-21(7-4-19)29-13-11-28(12-14-29)10-9-27(2)17-22-16-23(26-32-22)20-5-8-24-25(15-20)31-18-30-24/h3-8,15-16H,9-14,17-18H2,1-2H3. The van der Waals surface area contributed by atoms with Gasteiger partial charge in [0.1, 0.15) is 5.69 Å². The fourth-order valence-corrected chi connectivity index (χ4v) is 4.22. The zero-order chi connectivity index (χ0) is 21.9. The van der Waals surface area contributed by atoms with Crippen molar-refractivity contribution >= 4 is 5.69 Å². The van der Waals surface area contributed by atoms with Gasteiger partial charge in [-0.25, -0.2) is 0 Å². The third-order valence-corrected chi connectivity index (χ3v) is 6.22. The highest BCUT2D eigenvalue weighted by atomic mass is 16.7. The molecule has 3 aromatic rings. The van der Waals surface area contributed by atoms with Gasteiger partial charge in [0.05, 0.1) is 6.54 Å². The summed E-state index contributed by atoms with van der Waals surface area (Å²) in [4.78, 5) is 7.31. The number of nitrogens with zero attached hydrogens (tertiary/aromatic N) is 4. The van der Waals surface area contributed by atoms with Crippen LogP contribution in [0.3, 0.4) is 0 Å². The van der Waals surface area contributed by atoms with Crippen molar-refractivity contribution in [2.24, 2.45) is 0 Å². The summed E-state index contributed by atoms with van der Waals surface area (Å²) in [6.07, 6.45) is 0. The van der Waals surface area contributed by atoms with Crippen LogP contribution in [-0.4, -0.2) is 68.1 Å². The Kier molecular flexibility index (Phi) is 6.01. The van der Waals surface area contributed by atoms with E-state index in [1.807, 2.05) is 24.3 Å². The lowest BCUT2D eigenvalue weighted by molar-refractivity contribution is 0.174. The normalized spacial score (nSPS) is 16.2. The molecule has 0 N–H and O–H groups in total. The molecule has 5 rings (SSSR count). The molecule has 0 radical (unpaired) electrons. The maximum Gasteiger partial charge on any atom is 0.231 e. The number of ether oxygens (including phenoxy) is 2. The molecule has 0 unspecified atom stereocenters. The molecule has 168 valence electrons. The van der Waals surface area contributed by atoms with Crippen molar-refractivity contribution in [1.29, 1.82) is 0 Å². The topological polar surface area (TPSA) is 54.2 Å². The van der Waals surface area contributed by atoms with E-state index in [2.05, 4.69) is 58.1 Å². The van der Waals surface area contributed by atoms with Crippen molar-refractivity contribution in [3.8, 4) is 22.8 Å². The summed E-state index contributed by atoms with van der Waals surface area (Å²) in [6.45, 7) is 9.54. The monoisotopic (exact) mass is 434 g/mol. The van der Waals surface area contributed by atoms with E-state index in [0.717, 1.165) is 74.3 Å². The van der Waals surface area contributed by atoms with E-state index < -0.39 is 0 Å². The van der Waals surface area contributed by atoms with Gasteiger partial charge in [-0.3, -0.25) is 9.80 Å². The second kappa shape index (κ2) is 9.22. The fourth-order valence-electron chi connectivity index (χ4n) is 4.22. The molecule has 2 aromatic carbocycles. The van der Waals surface area contributed by atoms with Gasteiger partial charge < -0.3 is 18.9 Å². The first-order chi connectivity index (χ1) is 15.6. The van der Waals surface area contributed by atoms with Crippen molar-refractivity contribution in [3.63, 3.8) is 0 Å². The van der Waals surface area contributed by atoms with Crippen LogP contribution in [0.5, 0.6) is 11.5 Å². The maximum absolute atomic E-state index is 5.59. The molecular weight excluding hydrogens is 404 g/mol. The molecule has 0 saturated carbocycles. The average molecular weight is 435 g/mol. The van der Waals surface area contributed by atoms with Crippen LogP contribution in [0.2, 0.25) is 0 Å². The van der Waals surface area contributed by atoms with Gasteiger partial charge in [0.2, 0.25) is 6.79 Å². The lowest BCUT2D eigenvalue weighted by Crippen LogP contribution is -2.48. The number of rotatable bonds is 7. The molecule has 0 spiro atoms. The molecule has 0 bridgehead atoms. The molecule has 2 aliphatic rings. The Balaban J connectivity index is 1.08. The van der Waals surface area contributed by atoms with E-state index in [1.54, 1.807) is 0 Å². The Morgan fingerprint density at radius 1 is 0.938 bits per heavy atom. The highest BCUT2D eigenvalue weighted by molar-refractivity contribution is 5.64. The van der Waals surface area contributed by atoms with Gasteiger partial charge in [0, 0.05) is 56.6 Å². The Hall–Kier alpha value is -3.03. The molecular formula is C25H30N4O3. The second-order valence-electron chi connectivity index (χ2n) is 8.65. The third-order valence-electron chi connectivity index (χ3n) is 6.22. The summed E-state index contributed by atoms with van der Waals surface area (Å²) >= 11 is 0. The minimum absolute atomic E-state index is 0.272. The number of aryl methyl sites for hydroxylation is 1. The smallest absolute Gasteiger partial charge is 0.231 e. The summed E-state index contributed by atoms with van der Waals surface area (Å²) in [5.74, 6) is 2.40. The van der Waals surface area contributed by atoms with Gasteiger partial charge in [0.25, 0.3) is 0 Å². The third kappa shape index (κ3) is 4.74. The second-order valence-corrected chi connectivity index (χ2v) is 8.65. The number of benzene rings is 2. The van der Waals surface area contributed by atoms with E-state index in [1.165, 1.54) is 11.3 Å². The van der Waals surface area contributed by atoms with Crippen molar-refractivity contribution in [2.45, 2.75) is 13.5 Å². The number of hydrogen-bond donors (Lipinski definition) is 0. The Morgan fingerprint density at radius 3 is 2.53 bits per heavy atom. The number of fused-ring (bicyclic) bond motifs is 1. The molecule has 32 heavy (non-hydrogen) atoms. The van der Waals surface area contributed by atoms with Gasteiger partial charge in [-0.1, -0.05) is 22.9 Å². The van der Waals surface area contributed by atoms with Crippen molar-refractivity contribution in [3.05, 3.63) is 59.9 Å². The van der Waals surface area contributed by atoms with E-state index in [0.29, 0.717) is 0 Å². The van der Waals surface area contributed by atoms with E-state index >= 15 is 0 Å². The predicted molar refractivity (Wildman–Crippen MR) is 124 cm³/mol. The van der Waals surface area contributed by atoms with Gasteiger partial charge in [-0.2, -0.15) is 0 Å². The molecule has 7 heteroatoms. The molecule has 1 aromatic heterocycles. The number of anilines is 1. The SMILES string of the molecule is Cc1ccc(N2CCN(CCN(C)Cc3cc(-c4ccc5c(c4)OCO5)no3)CC2)cc1. The van der Waals surface area contributed by atoms with Gasteiger partial charge in [0.15, 0.2) is 17.3 Å². The first-order valence-corrected chi connectivity index (χ1v) is 11.2. The molecule has 1 saturated heterocycles. The number of piperazine rings is 1. The van der Waals surface area contributed by atoms with Crippen LogP contribution in [0, 0.1) is 6.92 Å². The summed E-state index contributed by atoms with van der Waals surface area (Å²) < 4.78 is 16.4. The lowest BCUT2D eigenvalue weighted by Gasteiger charge is -2.36. The minimum Gasteiger partial charge on any atom is -0.454 e. The van der Waals surface area contributed by atoms with E-state index in [-0.39, 0.29) is 6.79 Å². The number of likely N-dealkylation sites (N-methyl/N-ethyl adjacent to an activating group) is 1. The maximum atomic E-state index is 5.59. The minimum atomic E-state index is 0.272. The lowest BCUT2D eigenvalue weighted by atomic mass is 10.1. The molecule has 7 nitrogen and oxygen atoms in total. The molecule has 3 heterocycles. The molecule has 2 aliphatic heterocycles. The van der Waals surface area contributed by atoms with Crippen LogP contribution >= 0.6 is 0 Å². The molecule has 0 atom stereocenters. The molecule has 1 fully saturated rings. The highest BCUT2D eigenvalue weighted by Gasteiger charge is 2.18. The number of hydrogen-bond acceptors (Lipinski definition) is 7. The average Bonchev–Trinajstić information content (AvgIpc) is 3.47. The summed E-state index contributed by atoms with van der Waals surface area (Å²) in [5, 5.41) is 4.24. The van der Waals surface area contributed by atoms with E-state index in [9.17, 15) is 0 Å². The summed E-state index contributed by atoms with van der Waals surface area (Å²) in [6, 6.07) is 16.7. The predicted octanol–water partition coefficient (Wildman–Crippen LogP) is 3.63. The van der Waals surface area contributed by atoms with Gasteiger partial charge >= 0.3 is 0 Å². The van der Waals surface area contributed by atoms with Gasteiger partial charge in [-0.05, 0) is 44.3 Å². The van der Waals surface area contributed by atoms with Crippen molar-refractivity contribution in [2.75, 3.05) is 58.0 Å². The number of aromatic nitrogens is 1. The Bertz CT molecular complexity index is 1040. The van der Waals surface area contributed by atoms with Crippen LogP contribution in [0.4, 0.5) is 5.69 Å². The summed E-state index contributed by atoms with van der Waals surface area (Å²) in [7, 11) is 2.13. The quantitative estimate of drug-likeness (QED) is 0.563. The fraction of sp³-hybridized carbons (Fsp3) is 0.400. The first kappa shape index (κ1) is 20.8. The van der Waals surface area contributed by atoms with Crippen molar-refractivity contribution in [1.82, 2.24) is 15.0 Å². The van der Waals surface area contributed by atoms with Crippen LogP contribution in [0.25, 0.3) is 11.3 Å².